The molecule has 7 nitrogen and oxygen atoms in total. The lowest BCUT2D eigenvalue weighted by atomic mass is 10.0. The van der Waals surface area contributed by atoms with Crippen molar-refractivity contribution in [1.82, 2.24) is 10.2 Å². The molecule has 0 aromatic heterocycles. The molecule has 0 bridgehead atoms. The Bertz CT molecular complexity index is 968. The molecule has 2 amide bonds. The van der Waals surface area contributed by atoms with Crippen molar-refractivity contribution in [3.8, 4) is 5.75 Å². The fraction of sp³-hybridized carbons (Fsp3) is 0.417. The van der Waals surface area contributed by atoms with Crippen LogP contribution in [0.15, 0.2) is 42.5 Å². The number of ether oxygens (including phenoxy) is 2. The number of halogens is 1. The molecular weight excluding hydrogens is 413 g/mol. The summed E-state index contributed by atoms with van der Waals surface area (Å²) in [5.74, 6) is -0.581. The number of fused-ring (bicyclic) bond motifs is 1. The lowest BCUT2D eigenvalue weighted by Crippen LogP contribution is -2.44. The van der Waals surface area contributed by atoms with Crippen molar-refractivity contribution in [3.63, 3.8) is 0 Å². The van der Waals surface area contributed by atoms with E-state index in [2.05, 4.69) is 17.6 Å². The molecule has 0 fully saturated rings. The Kier molecular flexibility index (Phi) is 7.82. The van der Waals surface area contributed by atoms with Crippen molar-refractivity contribution < 1.29 is 23.5 Å². The van der Waals surface area contributed by atoms with Gasteiger partial charge in [0.2, 0.25) is 0 Å². The van der Waals surface area contributed by atoms with Crippen molar-refractivity contribution in [1.29, 1.82) is 0 Å². The largest absolute Gasteiger partial charge is 0.491 e. The van der Waals surface area contributed by atoms with Gasteiger partial charge in [-0.15, -0.1) is 0 Å². The first-order valence-corrected chi connectivity index (χ1v) is 10.6. The van der Waals surface area contributed by atoms with Crippen LogP contribution in [0.3, 0.4) is 0 Å². The number of rotatable bonds is 3. The van der Waals surface area contributed by atoms with E-state index in [4.69, 9.17) is 9.47 Å². The number of amides is 2. The summed E-state index contributed by atoms with van der Waals surface area (Å²) in [7, 11) is 3.36. The summed E-state index contributed by atoms with van der Waals surface area (Å²) in [5, 5.41) is 6.16. The van der Waals surface area contributed by atoms with Crippen molar-refractivity contribution >= 4 is 17.5 Å². The molecule has 2 aromatic rings. The molecule has 1 aliphatic heterocycles. The summed E-state index contributed by atoms with van der Waals surface area (Å²) in [5.41, 5.74) is 0.937. The molecule has 0 saturated carbocycles. The first kappa shape index (κ1) is 23.7. The number of nitrogens with one attached hydrogen (secondary N) is 2. The van der Waals surface area contributed by atoms with Gasteiger partial charge < -0.3 is 25.0 Å². The van der Waals surface area contributed by atoms with E-state index < -0.39 is 11.7 Å². The van der Waals surface area contributed by atoms with Gasteiger partial charge in [-0.3, -0.25) is 9.59 Å². The molecule has 0 aliphatic carbocycles. The van der Waals surface area contributed by atoms with Crippen LogP contribution in [0.5, 0.6) is 5.75 Å². The van der Waals surface area contributed by atoms with Crippen LogP contribution in [0.25, 0.3) is 0 Å². The zero-order valence-corrected chi connectivity index (χ0v) is 18.9. The molecule has 8 heteroatoms. The Labute approximate surface area is 187 Å². The third kappa shape index (κ3) is 5.83. The molecule has 0 unspecified atom stereocenters. The molecule has 3 rings (SSSR count). The van der Waals surface area contributed by atoms with Gasteiger partial charge in [-0.05, 0) is 49.2 Å². The quantitative estimate of drug-likeness (QED) is 0.762. The minimum atomic E-state index is -0.495. The van der Waals surface area contributed by atoms with Gasteiger partial charge >= 0.3 is 0 Å². The summed E-state index contributed by atoms with van der Waals surface area (Å²) in [6.45, 7) is 5.62. The number of hydrogen-bond donors (Lipinski definition) is 2. The molecule has 0 saturated heterocycles. The Balaban J connectivity index is 1.89. The second-order valence-corrected chi connectivity index (χ2v) is 8.23. The highest BCUT2D eigenvalue weighted by Crippen LogP contribution is 2.26. The van der Waals surface area contributed by atoms with E-state index >= 15 is 0 Å². The Morgan fingerprint density at radius 1 is 1.25 bits per heavy atom. The van der Waals surface area contributed by atoms with Crippen LogP contribution in [0.1, 0.15) is 34.6 Å². The van der Waals surface area contributed by atoms with Gasteiger partial charge in [0.15, 0.2) is 0 Å². The monoisotopic (exact) mass is 443 g/mol. The fourth-order valence-electron chi connectivity index (χ4n) is 3.57. The SMILES string of the molecule is CO[C@H]1CN(C)C(=O)c2cc(NC(=O)c3cccc(F)c3)ccc2OC[C@H](C)NC[C@@H]1C. The van der Waals surface area contributed by atoms with E-state index in [1.54, 1.807) is 37.3 Å². The molecule has 1 heterocycles. The number of nitrogens with zero attached hydrogens (tertiary/aromatic N) is 1. The minimum Gasteiger partial charge on any atom is -0.491 e. The van der Waals surface area contributed by atoms with Crippen LogP contribution in [-0.4, -0.2) is 62.7 Å². The maximum absolute atomic E-state index is 13.5. The van der Waals surface area contributed by atoms with Gasteiger partial charge in [-0.2, -0.15) is 0 Å². The molecule has 2 aromatic carbocycles. The molecule has 0 radical (unpaired) electrons. The average Bonchev–Trinajstić information content (AvgIpc) is 2.78. The maximum Gasteiger partial charge on any atom is 0.257 e. The molecule has 2 N–H and O–H groups in total. The Hall–Kier alpha value is -2.97. The van der Waals surface area contributed by atoms with Gasteiger partial charge in [-0.25, -0.2) is 4.39 Å². The molecular formula is C24H30FN3O4. The third-order valence-corrected chi connectivity index (χ3v) is 5.57. The molecule has 0 spiro atoms. The van der Waals surface area contributed by atoms with E-state index in [0.29, 0.717) is 30.2 Å². The second kappa shape index (κ2) is 10.6. The van der Waals surface area contributed by atoms with Gasteiger partial charge in [0, 0.05) is 44.5 Å². The zero-order chi connectivity index (χ0) is 23.3. The highest BCUT2D eigenvalue weighted by molar-refractivity contribution is 6.05. The second-order valence-electron chi connectivity index (χ2n) is 8.23. The zero-order valence-electron chi connectivity index (χ0n) is 18.9. The first-order valence-electron chi connectivity index (χ1n) is 10.6. The molecule has 3 atom stereocenters. The molecule has 1 aliphatic rings. The van der Waals surface area contributed by atoms with Gasteiger partial charge in [-0.1, -0.05) is 13.0 Å². The average molecular weight is 444 g/mol. The molecule has 32 heavy (non-hydrogen) atoms. The van der Waals surface area contributed by atoms with Crippen LogP contribution in [0.4, 0.5) is 10.1 Å². The lowest BCUT2D eigenvalue weighted by molar-refractivity contribution is 0.0281. The van der Waals surface area contributed by atoms with Gasteiger partial charge in [0.1, 0.15) is 18.2 Å². The minimum absolute atomic E-state index is 0.0717. The first-order chi connectivity index (χ1) is 15.3. The smallest absolute Gasteiger partial charge is 0.257 e. The van der Waals surface area contributed by atoms with Crippen molar-refractivity contribution in [2.75, 3.05) is 39.2 Å². The highest BCUT2D eigenvalue weighted by atomic mass is 19.1. The highest BCUT2D eigenvalue weighted by Gasteiger charge is 2.25. The third-order valence-electron chi connectivity index (χ3n) is 5.57. The normalized spacial score (nSPS) is 22.2. The van der Waals surface area contributed by atoms with E-state index in [0.717, 1.165) is 12.6 Å². The Morgan fingerprint density at radius 2 is 2.03 bits per heavy atom. The summed E-state index contributed by atoms with van der Waals surface area (Å²) >= 11 is 0. The van der Waals surface area contributed by atoms with Gasteiger partial charge in [0.25, 0.3) is 11.8 Å². The van der Waals surface area contributed by atoms with Crippen LogP contribution < -0.4 is 15.4 Å². The number of likely N-dealkylation sites (N-methyl/N-ethyl adjacent to an activating group) is 1. The fourth-order valence-corrected chi connectivity index (χ4v) is 3.57. The van der Waals surface area contributed by atoms with Crippen LogP contribution in [0.2, 0.25) is 0 Å². The number of carbonyl (C=O) groups excluding carboxylic acids is 2. The van der Waals surface area contributed by atoms with E-state index in [1.165, 1.54) is 18.2 Å². The maximum atomic E-state index is 13.5. The van der Waals surface area contributed by atoms with E-state index in [-0.39, 0.29) is 29.5 Å². The van der Waals surface area contributed by atoms with Crippen LogP contribution in [0, 0.1) is 11.7 Å². The summed E-state index contributed by atoms with van der Waals surface area (Å²) in [6.07, 6.45) is -0.136. The van der Waals surface area contributed by atoms with Crippen LogP contribution in [-0.2, 0) is 4.74 Å². The lowest BCUT2D eigenvalue weighted by Gasteiger charge is -2.30. The Morgan fingerprint density at radius 3 is 2.75 bits per heavy atom. The van der Waals surface area contributed by atoms with E-state index in [9.17, 15) is 14.0 Å². The summed E-state index contributed by atoms with van der Waals surface area (Å²) in [6, 6.07) is 10.4. The molecule has 172 valence electrons. The summed E-state index contributed by atoms with van der Waals surface area (Å²) < 4.78 is 25.0. The number of benzene rings is 2. The van der Waals surface area contributed by atoms with Crippen molar-refractivity contribution in [2.24, 2.45) is 5.92 Å². The number of hydrogen-bond acceptors (Lipinski definition) is 5. The number of anilines is 1. The van der Waals surface area contributed by atoms with E-state index in [1.807, 2.05) is 6.92 Å². The predicted octanol–water partition coefficient (Wildman–Crippen LogP) is 3.17. The standard InChI is InChI=1S/C24H30FN3O4/c1-15-12-26-16(2)14-32-21-9-8-19(27-23(29)17-6-5-7-18(25)10-17)11-20(21)24(30)28(3)13-22(15)31-4/h5-11,15-16,22,26H,12-14H2,1-4H3,(H,27,29)/t15-,16-,22-/m0/s1. The van der Waals surface area contributed by atoms with Crippen molar-refractivity contribution in [2.45, 2.75) is 26.0 Å². The van der Waals surface area contributed by atoms with Gasteiger partial charge in [0.05, 0.1) is 11.7 Å². The number of methoxy groups -OCH3 is 1. The summed E-state index contributed by atoms with van der Waals surface area (Å²) in [4.78, 5) is 27.4. The van der Waals surface area contributed by atoms with Crippen LogP contribution >= 0.6 is 0 Å². The number of carbonyl (C=O) groups is 2. The van der Waals surface area contributed by atoms with Crippen molar-refractivity contribution in [3.05, 3.63) is 59.4 Å². The topological polar surface area (TPSA) is 79.9 Å². The predicted molar refractivity (Wildman–Crippen MR) is 121 cm³/mol.